The fourth-order valence-electron chi connectivity index (χ4n) is 4.24. The van der Waals surface area contributed by atoms with Crippen LogP contribution in [0.25, 0.3) is 0 Å². The third-order valence-corrected chi connectivity index (χ3v) is 6.05. The summed E-state index contributed by atoms with van der Waals surface area (Å²) < 4.78 is 0. The first-order chi connectivity index (χ1) is 15.7. The molecule has 5 rings (SSSR count). The Morgan fingerprint density at radius 1 is 0.750 bits per heavy atom. The molecule has 0 atom stereocenters. The van der Waals surface area contributed by atoms with Crippen molar-refractivity contribution in [3.8, 4) is 0 Å². The SMILES string of the molecule is O=C(Nc1ccc(C(=O)N2CCN(c3ccccn3)CC2)cc1)N1Cc2ccccc2C1. The fraction of sp³-hybridized carbons (Fsp3) is 0.240. The first-order valence-electron chi connectivity index (χ1n) is 10.9. The van der Waals surface area contributed by atoms with E-state index in [0.29, 0.717) is 37.4 Å². The number of pyridine rings is 1. The quantitative estimate of drug-likeness (QED) is 0.694. The van der Waals surface area contributed by atoms with Gasteiger partial charge in [0.15, 0.2) is 0 Å². The van der Waals surface area contributed by atoms with Crippen molar-refractivity contribution < 1.29 is 9.59 Å². The van der Waals surface area contributed by atoms with E-state index < -0.39 is 0 Å². The minimum absolute atomic E-state index is 0.0125. The summed E-state index contributed by atoms with van der Waals surface area (Å²) in [5.74, 6) is 0.958. The lowest BCUT2D eigenvalue weighted by Gasteiger charge is -2.35. The Labute approximate surface area is 187 Å². The van der Waals surface area contributed by atoms with Gasteiger partial charge in [0.1, 0.15) is 5.82 Å². The summed E-state index contributed by atoms with van der Waals surface area (Å²) >= 11 is 0. The van der Waals surface area contributed by atoms with E-state index in [1.165, 1.54) is 11.1 Å². The van der Waals surface area contributed by atoms with Crippen LogP contribution >= 0.6 is 0 Å². The van der Waals surface area contributed by atoms with E-state index in [2.05, 4.69) is 27.3 Å². The van der Waals surface area contributed by atoms with Crippen LogP contribution in [0.2, 0.25) is 0 Å². The van der Waals surface area contributed by atoms with Gasteiger partial charge in [-0.1, -0.05) is 30.3 Å². The summed E-state index contributed by atoms with van der Waals surface area (Å²) in [7, 11) is 0. The van der Waals surface area contributed by atoms with Crippen molar-refractivity contribution in [2.24, 2.45) is 0 Å². The van der Waals surface area contributed by atoms with Crippen LogP contribution in [0.15, 0.2) is 72.9 Å². The monoisotopic (exact) mass is 427 g/mol. The molecule has 0 bridgehead atoms. The van der Waals surface area contributed by atoms with Crippen molar-refractivity contribution in [2.75, 3.05) is 36.4 Å². The van der Waals surface area contributed by atoms with Gasteiger partial charge in [0, 0.05) is 56.7 Å². The standard InChI is InChI=1S/C25H25N5O2/c31-24(29-15-13-28(14-16-29)23-7-3-4-12-26-23)19-8-10-22(11-9-19)27-25(32)30-17-20-5-1-2-6-21(20)18-30/h1-12H,13-18H2,(H,27,32). The molecule has 1 fully saturated rings. The van der Waals surface area contributed by atoms with E-state index in [-0.39, 0.29) is 11.9 Å². The average Bonchev–Trinajstić information content (AvgIpc) is 3.29. The van der Waals surface area contributed by atoms with Gasteiger partial charge in [-0.15, -0.1) is 0 Å². The highest BCUT2D eigenvalue weighted by Crippen LogP contribution is 2.23. The lowest BCUT2D eigenvalue weighted by molar-refractivity contribution is 0.0746. The zero-order chi connectivity index (χ0) is 21.9. The van der Waals surface area contributed by atoms with Crippen LogP contribution in [0.3, 0.4) is 0 Å². The molecule has 162 valence electrons. The van der Waals surface area contributed by atoms with Crippen LogP contribution < -0.4 is 10.2 Å². The number of amides is 3. The lowest BCUT2D eigenvalue weighted by atomic mass is 10.1. The Bertz CT molecular complexity index is 1080. The summed E-state index contributed by atoms with van der Waals surface area (Å²) in [6.45, 7) is 4.06. The number of anilines is 2. The Hall–Kier alpha value is -3.87. The number of carbonyl (C=O) groups is 2. The highest BCUT2D eigenvalue weighted by atomic mass is 16.2. The Kier molecular flexibility index (Phi) is 5.46. The first-order valence-corrected chi connectivity index (χ1v) is 10.9. The summed E-state index contributed by atoms with van der Waals surface area (Å²) in [6.07, 6.45) is 1.79. The van der Waals surface area contributed by atoms with Crippen molar-refractivity contribution in [1.82, 2.24) is 14.8 Å². The number of fused-ring (bicyclic) bond motifs is 1. The molecule has 0 saturated carbocycles. The van der Waals surface area contributed by atoms with Gasteiger partial charge in [-0.05, 0) is 47.5 Å². The van der Waals surface area contributed by atoms with E-state index in [4.69, 9.17) is 0 Å². The van der Waals surface area contributed by atoms with Crippen molar-refractivity contribution in [3.05, 3.63) is 89.6 Å². The van der Waals surface area contributed by atoms with Crippen molar-refractivity contribution in [3.63, 3.8) is 0 Å². The van der Waals surface area contributed by atoms with Crippen molar-refractivity contribution in [1.29, 1.82) is 0 Å². The molecular weight excluding hydrogens is 402 g/mol. The zero-order valence-corrected chi connectivity index (χ0v) is 17.8. The smallest absolute Gasteiger partial charge is 0.322 e. The van der Waals surface area contributed by atoms with Crippen LogP contribution in [0.5, 0.6) is 0 Å². The van der Waals surface area contributed by atoms with Crippen LogP contribution in [0.1, 0.15) is 21.5 Å². The van der Waals surface area contributed by atoms with Gasteiger partial charge in [0.2, 0.25) is 0 Å². The van der Waals surface area contributed by atoms with Crippen molar-refractivity contribution >= 4 is 23.4 Å². The third kappa shape index (κ3) is 4.14. The van der Waals surface area contributed by atoms with E-state index in [1.807, 2.05) is 35.2 Å². The second kappa shape index (κ2) is 8.70. The molecule has 7 nitrogen and oxygen atoms in total. The molecule has 1 aromatic heterocycles. The van der Waals surface area contributed by atoms with Gasteiger partial charge in [-0.2, -0.15) is 0 Å². The molecule has 0 radical (unpaired) electrons. The Morgan fingerprint density at radius 2 is 1.41 bits per heavy atom. The minimum Gasteiger partial charge on any atom is -0.353 e. The number of aromatic nitrogens is 1. The first kappa shape index (κ1) is 20.1. The van der Waals surface area contributed by atoms with Gasteiger partial charge >= 0.3 is 6.03 Å². The molecule has 2 aliphatic rings. The number of urea groups is 1. The number of hydrogen-bond acceptors (Lipinski definition) is 4. The number of hydrogen-bond donors (Lipinski definition) is 1. The normalized spacial score (nSPS) is 15.4. The third-order valence-electron chi connectivity index (χ3n) is 6.05. The number of rotatable bonds is 3. The maximum atomic E-state index is 12.9. The molecule has 1 saturated heterocycles. The maximum Gasteiger partial charge on any atom is 0.322 e. The summed E-state index contributed by atoms with van der Waals surface area (Å²) in [6, 6.07) is 21.0. The predicted octanol–water partition coefficient (Wildman–Crippen LogP) is 3.59. The van der Waals surface area contributed by atoms with E-state index in [1.54, 1.807) is 35.4 Å². The van der Waals surface area contributed by atoms with E-state index in [0.717, 1.165) is 18.9 Å². The summed E-state index contributed by atoms with van der Waals surface area (Å²) in [5, 5.41) is 2.94. The van der Waals surface area contributed by atoms with Gasteiger partial charge < -0.3 is 20.0 Å². The van der Waals surface area contributed by atoms with Crippen LogP contribution in [-0.2, 0) is 13.1 Å². The lowest BCUT2D eigenvalue weighted by Crippen LogP contribution is -2.49. The van der Waals surface area contributed by atoms with Gasteiger partial charge in [-0.25, -0.2) is 9.78 Å². The highest BCUT2D eigenvalue weighted by molar-refractivity contribution is 5.95. The molecule has 3 heterocycles. The van der Waals surface area contributed by atoms with Gasteiger partial charge in [0.05, 0.1) is 0 Å². The molecule has 2 aliphatic heterocycles. The summed E-state index contributed by atoms with van der Waals surface area (Å²) in [4.78, 5) is 35.8. The number of carbonyl (C=O) groups excluding carboxylic acids is 2. The number of benzene rings is 2. The summed E-state index contributed by atoms with van der Waals surface area (Å²) in [5.41, 5.74) is 3.68. The molecule has 0 unspecified atom stereocenters. The molecule has 1 N–H and O–H groups in total. The Balaban J connectivity index is 1.15. The van der Waals surface area contributed by atoms with E-state index in [9.17, 15) is 9.59 Å². The number of nitrogens with one attached hydrogen (secondary N) is 1. The largest absolute Gasteiger partial charge is 0.353 e. The zero-order valence-electron chi connectivity index (χ0n) is 17.8. The van der Waals surface area contributed by atoms with Crippen LogP contribution in [0, 0.1) is 0 Å². The van der Waals surface area contributed by atoms with Crippen LogP contribution in [0.4, 0.5) is 16.3 Å². The highest BCUT2D eigenvalue weighted by Gasteiger charge is 2.24. The molecule has 0 aliphatic carbocycles. The molecular formula is C25H25N5O2. The molecule has 32 heavy (non-hydrogen) atoms. The van der Waals surface area contributed by atoms with Crippen molar-refractivity contribution in [2.45, 2.75) is 13.1 Å². The second-order valence-corrected chi connectivity index (χ2v) is 8.10. The van der Waals surface area contributed by atoms with E-state index >= 15 is 0 Å². The maximum absolute atomic E-state index is 12.9. The van der Waals surface area contributed by atoms with Gasteiger partial charge in [0.25, 0.3) is 5.91 Å². The number of nitrogens with zero attached hydrogens (tertiary/aromatic N) is 4. The molecule has 3 amide bonds. The minimum atomic E-state index is -0.133. The fourth-order valence-corrected chi connectivity index (χ4v) is 4.24. The van der Waals surface area contributed by atoms with Gasteiger partial charge in [-0.3, -0.25) is 4.79 Å². The molecule has 2 aromatic carbocycles. The molecule has 7 heteroatoms. The predicted molar refractivity (Wildman–Crippen MR) is 124 cm³/mol. The molecule has 3 aromatic rings. The Morgan fingerprint density at radius 3 is 2.03 bits per heavy atom. The van der Waals surface area contributed by atoms with Crippen LogP contribution in [-0.4, -0.2) is 52.9 Å². The second-order valence-electron chi connectivity index (χ2n) is 8.10. The topological polar surface area (TPSA) is 68.8 Å². The molecule has 0 spiro atoms. The average molecular weight is 428 g/mol. The number of piperazine rings is 1.